The Bertz CT molecular complexity index is 1500. The van der Waals surface area contributed by atoms with Gasteiger partial charge in [-0.05, 0) is 37.5 Å². The maximum atomic E-state index is 12.8. The van der Waals surface area contributed by atoms with Crippen LogP contribution in [-0.4, -0.2) is 54.1 Å². The van der Waals surface area contributed by atoms with E-state index in [2.05, 4.69) is 20.5 Å². The van der Waals surface area contributed by atoms with Crippen molar-refractivity contribution in [3.8, 4) is 0 Å². The second-order valence-electron chi connectivity index (χ2n) is 7.99. The summed E-state index contributed by atoms with van der Waals surface area (Å²) in [5.41, 5.74) is 0.959. The Hall–Kier alpha value is -4.22. The highest BCUT2D eigenvalue weighted by molar-refractivity contribution is 6.10. The second kappa shape index (κ2) is 8.04. The molecule has 2 N–H and O–H groups in total. The molecular weight excluding hydrogens is 430 g/mol. The summed E-state index contributed by atoms with van der Waals surface area (Å²) >= 11 is 0. The van der Waals surface area contributed by atoms with Gasteiger partial charge in [-0.3, -0.25) is 24.0 Å². The molecule has 12 nitrogen and oxygen atoms in total. The smallest absolute Gasteiger partial charge is 0.408 e. The summed E-state index contributed by atoms with van der Waals surface area (Å²) in [7, 11) is 1.55. The average molecular weight is 451 g/mol. The van der Waals surface area contributed by atoms with Gasteiger partial charge in [-0.25, -0.2) is 9.78 Å². The lowest BCUT2D eigenvalue weighted by Gasteiger charge is -2.26. The van der Waals surface area contributed by atoms with Crippen molar-refractivity contribution < 1.29 is 14.0 Å². The van der Waals surface area contributed by atoms with E-state index in [0.717, 1.165) is 19.3 Å². The van der Waals surface area contributed by atoms with Crippen LogP contribution in [0, 0.1) is 0 Å². The molecule has 33 heavy (non-hydrogen) atoms. The number of nitrogens with zero attached hydrogens (tertiary/aromatic N) is 5. The van der Waals surface area contributed by atoms with E-state index in [-0.39, 0.29) is 34.7 Å². The summed E-state index contributed by atoms with van der Waals surface area (Å²) in [6.07, 6.45) is 4.31. The lowest BCUT2D eigenvalue weighted by molar-refractivity contribution is -0.132. The van der Waals surface area contributed by atoms with E-state index >= 15 is 0 Å². The zero-order valence-electron chi connectivity index (χ0n) is 17.8. The third-order valence-corrected chi connectivity index (χ3v) is 5.78. The summed E-state index contributed by atoms with van der Waals surface area (Å²) in [5, 5.41) is 9.17. The van der Waals surface area contributed by atoms with Crippen LogP contribution >= 0.6 is 0 Å². The van der Waals surface area contributed by atoms with Crippen LogP contribution in [0.1, 0.15) is 29.8 Å². The fourth-order valence-corrected chi connectivity index (χ4v) is 4.00. The molecule has 12 heteroatoms. The largest absolute Gasteiger partial charge is 0.420 e. The molecule has 2 amide bonds. The van der Waals surface area contributed by atoms with Crippen molar-refractivity contribution in [3.63, 3.8) is 0 Å². The van der Waals surface area contributed by atoms with Crippen molar-refractivity contribution in [1.29, 1.82) is 0 Å². The number of anilines is 1. The first-order valence-electron chi connectivity index (χ1n) is 10.5. The van der Waals surface area contributed by atoms with E-state index in [4.69, 9.17) is 4.42 Å². The highest BCUT2D eigenvalue weighted by Crippen LogP contribution is 2.20. The molecule has 1 fully saturated rings. The Kier molecular flexibility index (Phi) is 5.04. The Balaban J connectivity index is 1.42. The van der Waals surface area contributed by atoms with E-state index in [1.807, 2.05) is 0 Å². The Morgan fingerprint density at radius 2 is 1.97 bits per heavy atom. The molecule has 3 aromatic heterocycles. The van der Waals surface area contributed by atoms with Crippen LogP contribution in [0.4, 0.5) is 5.69 Å². The van der Waals surface area contributed by atoms with Gasteiger partial charge in [0.05, 0.1) is 11.8 Å². The van der Waals surface area contributed by atoms with Crippen LogP contribution < -0.4 is 16.6 Å². The van der Waals surface area contributed by atoms with Gasteiger partial charge < -0.3 is 19.2 Å². The summed E-state index contributed by atoms with van der Waals surface area (Å²) in [6, 6.07) is 4.68. The van der Waals surface area contributed by atoms with Crippen molar-refractivity contribution in [2.24, 2.45) is 7.05 Å². The second-order valence-corrected chi connectivity index (χ2v) is 7.99. The molecule has 0 aliphatic carbocycles. The van der Waals surface area contributed by atoms with Gasteiger partial charge in [0.2, 0.25) is 5.91 Å². The maximum Gasteiger partial charge on any atom is 0.420 e. The number of hydrogen-bond donors (Lipinski definition) is 2. The van der Waals surface area contributed by atoms with Crippen LogP contribution in [0.2, 0.25) is 0 Å². The first-order chi connectivity index (χ1) is 15.9. The quantitative estimate of drug-likeness (QED) is 0.467. The lowest BCUT2D eigenvalue weighted by atomic mass is 10.1. The van der Waals surface area contributed by atoms with Crippen LogP contribution in [0.5, 0.6) is 0 Å². The number of rotatable bonds is 4. The number of carbonyl (C=O) groups excluding carboxylic acids is 2. The normalized spacial score (nSPS) is 14.2. The highest BCUT2D eigenvalue weighted by Gasteiger charge is 2.21. The van der Waals surface area contributed by atoms with E-state index in [1.165, 1.54) is 15.5 Å². The number of aryl methyl sites for hydroxylation is 1. The van der Waals surface area contributed by atoms with Crippen molar-refractivity contribution >= 4 is 39.6 Å². The number of oxazole rings is 1. The summed E-state index contributed by atoms with van der Waals surface area (Å²) in [5.74, 6) is -1.37. The minimum Gasteiger partial charge on any atom is -0.408 e. The number of benzene rings is 1. The lowest BCUT2D eigenvalue weighted by Crippen LogP contribution is -2.39. The SMILES string of the molecule is Cn1cnc2c(C(=O)Nc3ccc4oc(=O)n(CC(=O)N5CCCCC5)c4c3)n[nH]c2c1=O. The van der Waals surface area contributed by atoms with E-state index in [9.17, 15) is 19.2 Å². The number of aromatic amines is 1. The molecule has 0 saturated carbocycles. The molecule has 170 valence electrons. The fraction of sp³-hybridized carbons (Fsp3) is 0.333. The average Bonchev–Trinajstić information content (AvgIpc) is 3.38. The van der Waals surface area contributed by atoms with Gasteiger partial charge in [-0.1, -0.05) is 0 Å². The number of H-pyrrole nitrogens is 1. The topological polar surface area (TPSA) is 148 Å². The molecule has 0 bridgehead atoms. The minimum absolute atomic E-state index is 0.0346. The number of nitrogens with one attached hydrogen (secondary N) is 2. The molecule has 1 aliphatic heterocycles. The molecule has 4 heterocycles. The number of fused-ring (bicyclic) bond motifs is 2. The van der Waals surface area contributed by atoms with Gasteiger partial charge in [-0.2, -0.15) is 5.10 Å². The molecule has 1 aromatic carbocycles. The van der Waals surface area contributed by atoms with Crippen LogP contribution in [-0.2, 0) is 18.4 Å². The molecule has 1 saturated heterocycles. The third-order valence-electron chi connectivity index (χ3n) is 5.78. The predicted octanol–water partition coefficient (Wildman–Crippen LogP) is 0.829. The Morgan fingerprint density at radius 3 is 2.76 bits per heavy atom. The van der Waals surface area contributed by atoms with Gasteiger partial charge in [-0.15, -0.1) is 0 Å². The van der Waals surface area contributed by atoms with Crippen molar-refractivity contribution in [3.05, 3.63) is 51.1 Å². The van der Waals surface area contributed by atoms with Crippen LogP contribution in [0.3, 0.4) is 0 Å². The maximum absolute atomic E-state index is 12.8. The van der Waals surface area contributed by atoms with Crippen molar-refractivity contribution in [2.75, 3.05) is 18.4 Å². The monoisotopic (exact) mass is 451 g/mol. The number of aromatic nitrogens is 5. The first-order valence-corrected chi connectivity index (χ1v) is 10.5. The standard InChI is InChI=1S/C21H21N7O5/c1-26-11-22-16-17(24-25-18(16)20(26)31)19(30)23-12-5-6-14-13(9-12)28(21(32)33-14)10-15(29)27-7-3-2-4-8-27/h5-6,9,11H,2-4,7-8,10H2,1H3,(H,23,30)(H,24,25). The summed E-state index contributed by atoms with van der Waals surface area (Å²) in [6.45, 7) is 1.22. The molecule has 0 radical (unpaired) electrons. The van der Waals surface area contributed by atoms with Gasteiger partial charge in [0, 0.05) is 25.8 Å². The third kappa shape index (κ3) is 3.69. The molecule has 0 unspecified atom stereocenters. The molecule has 4 aromatic rings. The highest BCUT2D eigenvalue weighted by atomic mass is 16.4. The number of piperidine rings is 1. The summed E-state index contributed by atoms with van der Waals surface area (Å²) < 4.78 is 7.80. The number of carbonyl (C=O) groups is 2. The first kappa shape index (κ1) is 20.7. The van der Waals surface area contributed by atoms with Gasteiger partial charge in [0.25, 0.3) is 11.5 Å². The zero-order valence-corrected chi connectivity index (χ0v) is 17.8. The van der Waals surface area contributed by atoms with Gasteiger partial charge in [0.15, 0.2) is 16.8 Å². The zero-order chi connectivity index (χ0) is 23.1. The van der Waals surface area contributed by atoms with Crippen LogP contribution in [0.15, 0.2) is 38.5 Å². The number of hydrogen-bond acceptors (Lipinski definition) is 7. The number of amides is 2. The van der Waals surface area contributed by atoms with E-state index in [0.29, 0.717) is 29.9 Å². The predicted molar refractivity (Wildman–Crippen MR) is 118 cm³/mol. The van der Waals surface area contributed by atoms with Crippen molar-refractivity contribution in [1.82, 2.24) is 29.2 Å². The van der Waals surface area contributed by atoms with Gasteiger partial charge >= 0.3 is 5.76 Å². The number of likely N-dealkylation sites (tertiary alicyclic amines) is 1. The summed E-state index contributed by atoms with van der Waals surface area (Å²) in [4.78, 5) is 55.9. The van der Waals surface area contributed by atoms with Gasteiger partial charge in [0.1, 0.15) is 12.1 Å². The molecule has 1 aliphatic rings. The molecule has 5 rings (SSSR count). The molecule has 0 atom stereocenters. The fourth-order valence-electron chi connectivity index (χ4n) is 4.00. The molecular formula is C21H21N7O5. The minimum atomic E-state index is -0.642. The Labute approximate surface area is 185 Å². The molecule has 0 spiro atoms. The van der Waals surface area contributed by atoms with E-state index in [1.54, 1.807) is 30.1 Å². The van der Waals surface area contributed by atoms with Crippen molar-refractivity contribution in [2.45, 2.75) is 25.8 Å². The van der Waals surface area contributed by atoms with Crippen LogP contribution in [0.25, 0.3) is 22.1 Å². The Morgan fingerprint density at radius 1 is 1.18 bits per heavy atom. The van der Waals surface area contributed by atoms with E-state index < -0.39 is 11.7 Å².